The van der Waals surface area contributed by atoms with Crippen LogP contribution in [0.2, 0.25) is 0 Å². The van der Waals surface area contributed by atoms with Gasteiger partial charge in [-0.2, -0.15) is 15.1 Å². The molecule has 6 nitrogen and oxygen atoms in total. The first-order valence-electron chi connectivity index (χ1n) is 8.83. The number of fused-ring (bicyclic) bond motifs is 1. The number of aryl methyl sites for hydroxylation is 1. The smallest absolute Gasteiger partial charge is 0.283 e. The fourth-order valence-electron chi connectivity index (χ4n) is 3.28. The number of nitrogens with one attached hydrogen (secondary N) is 1. The van der Waals surface area contributed by atoms with Crippen LogP contribution in [0.15, 0.2) is 46.0 Å². The molecule has 1 amide bonds. The normalized spacial score (nSPS) is 17.9. The third-order valence-corrected chi connectivity index (χ3v) is 5.69. The largest absolute Gasteiger partial charge is 0.318 e. The SMILES string of the molecule is CCC1=NN2C(=N)/C(=C\c3cc(C)n(-c4cccc(F)c4)c3C)C(=O)N=C2S1. The van der Waals surface area contributed by atoms with Gasteiger partial charge in [0.15, 0.2) is 5.84 Å². The predicted molar refractivity (Wildman–Crippen MR) is 111 cm³/mol. The van der Waals surface area contributed by atoms with Gasteiger partial charge < -0.3 is 4.57 Å². The van der Waals surface area contributed by atoms with Gasteiger partial charge in [0, 0.05) is 17.1 Å². The lowest BCUT2D eigenvalue weighted by molar-refractivity contribution is -0.114. The summed E-state index contributed by atoms with van der Waals surface area (Å²) in [6.07, 6.45) is 2.38. The van der Waals surface area contributed by atoms with Gasteiger partial charge in [0.2, 0.25) is 5.17 Å². The van der Waals surface area contributed by atoms with Crippen molar-refractivity contribution in [2.24, 2.45) is 10.1 Å². The molecule has 3 heterocycles. The molecule has 4 rings (SSSR count). The Morgan fingerprint density at radius 2 is 2.07 bits per heavy atom. The number of nitrogens with zero attached hydrogens (tertiary/aromatic N) is 4. The number of aromatic nitrogens is 1. The predicted octanol–water partition coefficient (Wildman–Crippen LogP) is 4.26. The number of hydrazone groups is 1. The number of aliphatic imine (C=N–C) groups is 1. The number of carbonyl (C=O) groups is 1. The molecule has 0 radical (unpaired) electrons. The van der Waals surface area contributed by atoms with Crippen molar-refractivity contribution in [1.29, 1.82) is 5.41 Å². The van der Waals surface area contributed by atoms with Crippen LogP contribution in [0.5, 0.6) is 0 Å². The molecular formula is C20H18FN5OS. The number of carbonyl (C=O) groups excluding carboxylic acids is 1. The van der Waals surface area contributed by atoms with Gasteiger partial charge in [-0.15, -0.1) is 0 Å². The van der Waals surface area contributed by atoms with E-state index >= 15 is 0 Å². The molecule has 0 aliphatic carbocycles. The lowest BCUT2D eigenvalue weighted by atomic mass is 10.1. The van der Waals surface area contributed by atoms with Crippen LogP contribution >= 0.6 is 11.8 Å². The molecule has 1 N–H and O–H groups in total. The van der Waals surface area contributed by atoms with Crippen molar-refractivity contribution in [3.8, 4) is 5.69 Å². The van der Waals surface area contributed by atoms with E-state index in [-0.39, 0.29) is 17.2 Å². The molecule has 2 aliphatic rings. The van der Waals surface area contributed by atoms with Crippen LogP contribution in [0.3, 0.4) is 0 Å². The Kier molecular flexibility index (Phi) is 4.50. The molecule has 2 aromatic rings. The second-order valence-corrected chi connectivity index (χ2v) is 7.55. The van der Waals surface area contributed by atoms with E-state index < -0.39 is 5.91 Å². The van der Waals surface area contributed by atoms with E-state index in [1.807, 2.05) is 37.5 Å². The van der Waals surface area contributed by atoms with Gasteiger partial charge in [0.05, 0.1) is 5.57 Å². The summed E-state index contributed by atoms with van der Waals surface area (Å²) < 4.78 is 15.6. The summed E-state index contributed by atoms with van der Waals surface area (Å²) in [5.41, 5.74) is 3.42. The molecule has 142 valence electrons. The maximum Gasteiger partial charge on any atom is 0.283 e. The van der Waals surface area contributed by atoms with E-state index in [1.54, 1.807) is 12.1 Å². The summed E-state index contributed by atoms with van der Waals surface area (Å²) >= 11 is 1.32. The van der Waals surface area contributed by atoms with Crippen LogP contribution in [-0.2, 0) is 4.79 Å². The first-order chi connectivity index (χ1) is 13.4. The van der Waals surface area contributed by atoms with E-state index in [1.165, 1.54) is 28.9 Å². The van der Waals surface area contributed by atoms with E-state index in [0.717, 1.165) is 28.4 Å². The zero-order valence-corrected chi connectivity index (χ0v) is 16.5. The summed E-state index contributed by atoms with van der Waals surface area (Å²) in [7, 11) is 0. The van der Waals surface area contributed by atoms with Crippen LogP contribution in [0.25, 0.3) is 11.8 Å². The zero-order chi connectivity index (χ0) is 20.0. The van der Waals surface area contributed by atoms with Gasteiger partial charge in [-0.05, 0) is 67.9 Å². The Balaban J connectivity index is 1.76. The number of hydrogen-bond donors (Lipinski definition) is 1. The topological polar surface area (TPSA) is 73.8 Å². The number of benzene rings is 1. The second-order valence-electron chi connectivity index (χ2n) is 6.51. The fraction of sp³-hybridized carbons (Fsp3) is 0.200. The van der Waals surface area contributed by atoms with E-state index in [9.17, 15) is 9.18 Å². The number of amides is 1. The number of halogens is 1. The average molecular weight is 395 g/mol. The molecule has 8 heteroatoms. The second kappa shape index (κ2) is 6.87. The van der Waals surface area contributed by atoms with Crippen molar-refractivity contribution in [2.45, 2.75) is 27.2 Å². The highest BCUT2D eigenvalue weighted by Gasteiger charge is 2.35. The van der Waals surface area contributed by atoms with Crippen LogP contribution in [-0.4, -0.2) is 31.5 Å². The van der Waals surface area contributed by atoms with Crippen molar-refractivity contribution in [3.63, 3.8) is 0 Å². The molecule has 28 heavy (non-hydrogen) atoms. The van der Waals surface area contributed by atoms with Gasteiger partial charge in [0.1, 0.15) is 10.9 Å². The van der Waals surface area contributed by atoms with Gasteiger partial charge in [-0.25, -0.2) is 4.39 Å². The first-order valence-corrected chi connectivity index (χ1v) is 9.64. The number of hydrogen-bond acceptors (Lipinski definition) is 4. The summed E-state index contributed by atoms with van der Waals surface area (Å²) in [6, 6.07) is 8.26. The monoisotopic (exact) mass is 395 g/mol. The molecule has 2 aliphatic heterocycles. The molecular weight excluding hydrogens is 377 g/mol. The minimum atomic E-state index is -0.452. The quantitative estimate of drug-likeness (QED) is 0.789. The Morgan fingerprint density at radius 3 is 2.79 bits per heavy atom. The van der Waals surface area contributed by atoms with Crippen molar-refractivity contribution >= 4 is 39.8 Å². The molecule has 0 saturated carbocycles. The molecule has 0 atom stereocenters. The van der Waals surface area contributed by atoms with Crippen molar-refractivity contribution in [2.75, 3.05) is 0 Å². The highest BCUT2D eigenvalue weighted by Crippen LogP contribution is 2.30. The van der Waals surface area contributed by atoms with E-state index in [2.05, 4.69) is 10.1 Å². The maximum absolute atomic E-state index is 13.7. The summed E-state index contributed by atoms with van der Waals surface area (Å²) in [5, 5.41) is 15.4. The highest BCUT2D eigenvalue weighted by atomic mass is 32.2. The Labute approximate surface area is 166 Å². The van der Waals surface area contributed by atoms with Gasteiger partial charge >= 0.3 is 0 Å². The van der Waals surface area contributed by atoms with Gasteiger partial charge in [-0.1, -0.05) is 13.0 Å². The summed E-state index contributed by atoms with van der Waals surface area (Å²) in [6.45, 7) is 5.78. The first kappa shape index (κ1) is 18.4. The highest BCUT2D eigenvalue weighted by molar-refractivity contribution is 8.26. The molecule has 0 fully saturated rings. The third-order valence-electron chi connectivity index (χ3n) is 4.64. The third kappa shape index (κ3) is 2.99. The fourth-order valence-corrected chi connectivity index (χ4v) is 4.10. The molecule has 0 saturated heterocycles. The van der Waals surface area contributed by atoms with Crippen LogP contribution < -0.4 is 0 Å². The standard InChI is InChI=1S/C20H18FN5OS/c1-4-17-24-26-18(22)16(19(27)23-20(26)28-17)9-13-8-11(2)25(12(13)3)15-7-5-6-14(21)10-15/h5-10,22H,4H2,1-3H3/b16-9+,22-18?. The number of rotatable bonds is 3. The summed E-state index contributed by atoms with van der Waals surface area (Å²) in [5.74, 6) is -0.750. The Morgan fingerprint density at radius 1 is 1.29 bits per heavy atom. The van der Waals surface area contributed by atoms with Crippen LogP contribution in [0.1, 0.15) is 30.3 Å². The molecule has 1 aromatic heterocycles. The molecule has 0 unspecified atom stereocenters. The molecule has 0 bridgehead atoms. The Hall–Kier alpha value is -3.00. The van der Waals surface area contributed by atoms with E-state index in [0.29, 0.717) is 10.9 Å². The minimum Gasteiger partial charge on any atom is -0.318 e. The maximum atomic E-state index is 13.7. The van der Waals surface area contributed by atoms with Crippen molar-refractivity contribution in [1.82, 2.24) is 9.58 Å². The van der Waals surface area contributed by atoms with Crippen LogP contribution in [0.4, 0.5) is 4.39 Å². The molecule has 0 spiro atoms. The Bertz CT molecular complexity index is 1110. The lowest BCUT2D eigenvalue weighted by Gasteiger charge is -2.20. The minimum absolute atomic E-state index is 0.0153. The van der Waals surface area contributed by atoms with Crippen molar-refractivity contribution in [3.05, 3.63) is 58.7 Å². The summed E-state index contributed by atoms with van der Waals surface area (Å²) in [4.78, 5) is 16.6. The van der Waals surface area contributed by atoms with Crippen LogP contribution in [0, 0.1) is 25.1 Å². The number of thioether (sulfide) groups is 1. The van der Waals surface area contributed by atoms with E-state index in [4.69, 9.17) is 5.41 Å². The average Bonchev–Trinajstić information content (AvgIpc) is 3.19. The van der Waals surface area contributed by atoms with Gasteiger partial charge in [0.25, 0.3) is 5.91 Å². The molecule has 1 aromatic carbocycles. The zero-order valence-electron chi connectivity index (χ0n) is 15.7. The van der Waals surface area contributed by atoms with Gasteiger partial charge in [-0.3, -0.25) is 10.2 Å². The van der Waals surface area contributed by atoms with Crippen molar-refractivity contribution < 1.29 is 9.18 Å². The number of amidine groups is 2. The lowest BCUT2D eigenvalue weighted by Crippen LogP contribution is -2.35.